The summed E-state index contributed by atoms with van der Waals surface area (Å²) in [5.74, 6) is -0.322. The molecule has 3 rings (SSSR count). The molecule has 3 aromatic rings. The van der Waals surface area contributed by atoms with E-state index in [9.17, 15) is 9.59 Å². The Kier molecular flexibility index (Phi) is 4.88. The molecule has 2 heterocycles. The van der Waals surface area contributed by atoms with Crippen LogP contribution >= 0.6 is 0 Å². The van der Waals surface area contributed by atoms with Crippen molar-refractivity contribution in [1.82, 2.24) is 9.38 Å². The number of imidazole rings is 1. The quantitative estimate of drug-likeness (QED) is 0.387. The topological polar surface area (TPSA) is 85.4 Å². The van der Waals surface area contributed by atoms with Crippen molar-refractivity contribution < 1.29 is 14.3 Å². The van der Waals surface area contributed by atoms with E-state index < -0.39 is 5.97 Å². The number of ketones is 1. The maximum Gasteiger partial charge on any atom is 0.360 e. The van der Waals surface area contributed by atoms with Crippen molar-refractivity contribution in [3.05, 3.63) is 59.4 Å². The predicted octanol–water partition coefficient (Wildman–Crippen LogP) is 4.44. The summed E-state index contributed by atoms with van der Waals surface area (Å²) >= 11 is 0. The van der Waals surface area contributed by atoms with Gasteiger partial charge >= 0.3 is 5.97 Å². The summed E-state index contributed by atoms with van der Waals surface area (Å²) in [5.41, 5.74) is 2.67. The smallest absolute Gasteiger partial charge is 0.360 e. The van der Waals surface area contributed by atoms with Crippen molar-refractivity contribution in [2.24, 2.45) is 10.2 Å². The minimum absolute atomic E-state index is 0.0558. The Hall–Kier alpha value is -3.35. The highest BCUT2D eigenvalue weighted by molar-refractivity contribution is 5.95. The summed E-state index contributed by atoms with van der Waals surface area (Å²) in [7, 11) is 0. The number of nitrogens with zero attached hydrogens (tertiary/aromatic N) is 4. The van der Waals surface area contributed by atoms with Gasteiger partial charge in [-0.1, -0.05) is 18.2 Å². The van der Waals surface area contributed by atoms with E-state index in [4.69, 9.17) is 4.74 Å². The van der Waals surface area contributed by atoms with Gasteiger partial charge in [0.15, 0.2) is 17.3 Å². The molecule has 0 radical (unpaired) electrons. The van der Waals surface area contributed by atoms with Gasteiger partial charge in [-0.15, -0.1) is 10.2 Å². The first-order valence-electron chi connectivity index (χ1n) is 8.18. The minimum atomic E-state index is -0.554. The number of carbonyl (C=O) groups excluding carboxylic acids is 2. The summed E-state index contributed by atoms with van der Waals surface area (Å²) in [6.45, 7) is 5.35. The van der Waals surface area contributed by atoms with Gasteiger partial charge in [0.05, 0.1) is 12.3 Å². The third kappa shape index (κ3) is 3.37. The van der Waals surface area contributed by atoms with Gasteiger partial charge in [0.2, 0.25) is 0 Å². The average molecular weight is 350 g/mol. The zero-order valence-electron chi connectivity index (χ0n) is 14.8. The second-order valence-electron chi connectivity index (χ2n) is 5.70. The Morgan fingerprint density at radius 2 is 2.00 bits per heavy atom. The van der Waals surface area contributed by atoms with Gasteiger partial charge in [0, 0.05) is 11.8 Å². The highest BCUT2D eigenvalue weighted by Gasteiger charge is 2.21. The molecular weight excluding hydrogens is 332 g/mol. The Morgan fingerprint density at radius 3 is 2.73 bits per heavy atom. The molecule has 0 amide bonds. The summed E-state index contributed by atoms with van der Waals surface area (Å²) in [6.07, 6.45) is 1.76. The molecule has 0 N–H and O–H groups in total. The third-order valence-corrected chi connectivity index (χ3v) is 3.80. The molecule has 0 saturated heterocycles. The van der Waals surface area contributed by atoms with Gasteiger partial charge in [-0.25, -0.2) is 9.78 Å². The molecule has 0 aliphatic rings. The fourth-order valence-electron chi connectivity index (χ4n) is 2.52. The molecule has 0 atom stereocenters. The highest BCUT2D eigenvalue weighted by Crippen LogP contribution is 2.26. The summed E-state index contributed by atoms with van der Waals surface area (Å²) < 4.78 is 6.77. The molecule has 7 heteroatoms. The fraction of sp³-hybridized carbons (Fsp3) is 0.211. The normalized spacial score (nSPS) is 11.2. The lowest BCUT2D eigenvalue weighted by Gasteiger charge is -2.00. The van der Waals surface area contributed by atoms with E-state index in [0.29, 0.717) is 16.9 Å². The zero-order chi connectivity index (χ0) is 18.7. The number of Topliss-reactive ketones (excluding diaryl/α,β-unsaturated/α-hetero) is 1. The van der Waals surface area contributed by atoms with Crippen LogP contribution in [0.3, 0.4) is 0 Å². The van der Waals surface area contributed by atoms with E-state index in [1.54, 1.807) is 41.8 Å². The number of hydrogen-bond donors (Lipinski definition) is 0. The van der Waals surface area contributed by atoms with Crippen LogP contribution in [0.25, 0.3) is 5.65 Å². The molecule has 7 nitrogen and oxygen atoms in total. The molecule has 26 heavy (non-hydrogen) atoms. The first-order chi connectivity index (χ1) is 12.5. The largest absolute Gasteiger partial charge is 0.461 e. The van der Waals surface area contributed by atoms with E-state index in [1.807, 2.05) is 19.1 Å². The number of aryl methyl sites for hydroxylation is 1. The van der Waals surface area contributed by atoms with Crippen molar-refractivity contribution in [2.75, 3.05) is 6.61 Å². The number of esters is 1. The van der Waals surface area contributed by atoms with E-state index in [0.717, 1.165) is 5.56 Å². The van der Waals surface area contributed by atoms with Crippen LogP contribution in [0.15, 0.2) is 52.8 Å². The first kappa shape index (κ1) is 17.5. The van der Waals surface area contributed by atoms with E-state index in [2.05, 4.69) is 15.2 Å². The van der Waals surface area contributed by atoms with Crippen LogP contribution in [0.4, 0.5) is 11.5 Å². The fourth-order valence-corrected chi connectivity index (χ4v) is 2.52. The van der Waals surface area contributed by atoms with Crippen LogP contribution < -0.4 is 0 Å². The molecule has 132 valence electrons. The number of fused-ring (bicyclic) bond motifs is 1. The Labute approximate surface area is 150 Å². The molecule has 2 aromatic heterocycles. The SMILES string of the molecule is CCOC(=O)c1nc2c(C)cccn2c1N=Nc1cccc(C(C)=O)c1. The second kappa shape index (κ2) is 7.26. The van der Waals surface area contributed by atoms with Crippen LogP contribution in [0.1, 0.15) is 40.3 Å². The van der Waals surface area contributed by atoms with Gasteiger partial charge < -0.3 is 4.74 Å². The Bertz CT molecular complexity index is 1020. The Balaban J connectivity index is 2.09. The second-order valence-corrected chi connectivity index (χ2v) is 5.70. The van der Waals surface area contributed by atoms with Crippen molar-refractivity contribution >= 4 is 28.9 Å². The van der Waals surface area contributed by atoms with Gasteiger partial charge in [-0.3, -0.25) is 9.20 Å². The summed E-state index contributed by atoms with van der Waals surface area (Å²) in [5, 5.41) is 8.40. The lowest BCUT2D eigenvalue weighted by molar-refractivity contribution is 0.0521. The van der Waals surface area contributed by atoms with Crippen LogP contribution in [0.5, 0.6) is 0 Å². The maximum absolute atomic E-state index is 12.3. The number of pyridine rings is 1. The number of hydrogen-bond acceptors (Lipinski definition) is 6. The minimum Gasteiger partial charge on any atom is -0.461 e. The molecule has 1 aromatic carbocycles. The van der Waals surface area contributed by atoms with Crippen molar-refractivity contribution in [3.8, 4) is 0 Å². The maximum atomic E-state index is 12.3. The molecule has 0 unspecified atom stereocenters. The van der Waals surface area contributed by atoms with E-state index in [1.165, 1.54) is 6.92 Å². The predicted molar refractivity (Wildman–Crippen MR) is 96.5 cm³/mol. The molecule has 0 aliphatic carbocycles. The van der Waals surface area contributed by atoms with Crippen molar-refractivity contribution in [2.45, 2.75) is 20.8 Å². The van der Waals surface area contributed by atoms with Gasteiger partial charge in [-0.05, 0) is 44.5 Å². The lowest BCUT2D eigenvalue weighted by Crippen LogP contribution is -2.05. The van der Waals surface area contributed by atoms with E-state index >= 15 is 0 Å². The molecule has 0 aliphatic heterocycles. The van der Waals surface area contributed by atoms with Crippen LogP contribution in [-0.2, 0) is 4.74 Å². The molecule has 0 spiro atoms. The van der Waals surface area contributed by atoms with Crippen LogP contribution in [0.2, 0.25) is 0 Å². The van der Waals surface area contributed by atoms with Crippen LogP contribution in [-0.4, -0.2) is 27.7 Å². The first-order valence-corrected chi connectivity index (χ1v) is 8.18. The Morgan fingerprint density at radius 1 is 1.19 bits per heavy atom. The van der Waals surface area contributed by atoms with Gasteiger partial charge in [0.25, 0.3) is 0 Å². The molecular formula is C19H18N4O3. The number of ether oxygens (including phenoxy) is 1. The summed E-state index contributed by atoms with van der Waals surface area (Å²) in [6, 6.07) is 10.6. The number of carbonyl (C=O) groups is 2. The number of azo groups is 1. The zero-order valence-corrected chi connectivity index (χ0v) is 14.8. The molecule has 0 saturated carbocycles. The molecule has 0 bridgehead atoms. The van der Waals surface area contributed by atoms with E-state index in [-0.39, 0.29) is 23.9 Å². The number of aromatic nitrogens is 2. The highest BCUT2D eigenvalue weighted by atomic mass is 16.5. The van der Waals surface area contributed by atoms with Gasteiger partial charge in [0.1, 0.15) is 5.65 Å². The third-order valence-electron chi connectivity index (χ3n) is 3.80. The molecule has 0 fully saturated rings. The van der Waals surface area contributed by atoms with Crippen molar-refractivity contribution in [3.63, 3.8) is 0 Å². The lowest BCUT2D eigenvalue weighted by atomic mass is 10.1. The monoisotopic (exact) mass is 350 g/mol. The van der Waals surface area contributed by atoms with Crippen LogP contribution in [0, 0.1) is 6.92 Å². The average Bonchev–Trinajstić information content (AvgIpc) is 3.00. The van der Waals surface area contributed by atoms with Crippen molar-refractivity contribution in [1.29, 1.82) is 0 Å². The standard InChI is InChI=1S/C19H18N4O3/c1-4-26-19(25)16-18(23-10-6-7-12(2)17(23)20-16)22-21-15-9-5-8-14(11-15)13(3)24/h5-11H,4H2,1-3H3. The number of benzene rings is 1. The number of rotatable bonds is 5. The van der Waals surface area contributed by atoms with Gasteiger partial charge in [-0.2, -0.15) is 0 Å². The summed E-state index contributed by atoms with van der Waals surface area (Å²) in [4.78, 5) is 28.1.